The van der Waals surface area contributed by atoms with E-state index in [0.717, 1.165) is 33.4 Å². The van der Waals surface area contributed by atoms with Crippen LogP contribution >= 0.6 is 0 Å². The van der Waals surface area contributed by atoms with Gasteiger partial charge >= 0.3 is 0 Å². The molecule has 0 atom stereocenters. The number of pyridine rings is 2. The fourth-order valence-electron chi connectivity index (χ4n) is 4.10. The lowest BCUT2D eigenvalue weighted by molar-refractivity contribution is -0.648. The Balaban J connectivity index is 1.87. The second-order valence-corrected chi connectivity index (χ2v) is 6.51. The minimum Gasteiger partial charge on any atom is -0.264 e. The number of benzene rings is 1. The quantitative estimate of drug-likeness (QED) is 0.431. The SMILES string of the molecule is [2H]C([2H])([2H])n1c2[n+](c3c1c1ccncc1n3-c1ccccc1)Cc1cnccc1-2. The molecule has 0 fully saturated rings. The monoisotopic (exact) mass is 341 g/mol. The topological polar surface area (TPSA) is 39.5 Å². The first-order valence-electron chi connectivity index (χ1n) is 9.97. The molecule has 5 heterocycles. The van der Waals surface area contributed by atoms with Gasteiger partial charge in [0.15, 0.2) is 5.52 Å². The van der Waals surface area contributed by atoms with Crippen LogP contribution in [0.5, 0.6) is 0 Å². The largest absolute Gasteiger partial charge is 0.275 e. The minimum absolute atomic E-state index is 0.578. The number of imidazole rings is 1. The van der Waals surface area contributed by atoms with E-state index in [1.165, 1.54) is 4.57 Å². The third-order valence-electron chi connectivity index (χ3n) is 5.15. The number of nitrogens with zero attached hydrogens (tertiary/aromatic N) is 5. The highest BCUT2D eigenvalue weighted by Crippen LogP contribution is 2.36. The van der Waals surface area contributed by atoms with E-state index in [1.54, 1.807) is 18.6 Å². The van der Waals surface area contributed by atoms with Crippen LogP contribution in [0.25, 0.3) is 39.1 Å². The summed E-state index contributed by atoms with van der Waals surface area (Å²) in [7, 11) is 0. The molecule has 0 bridgehead atoms. The first-order valence-corrected chi connectivity index (χ1v) is 8.47. The van der Waals surface area contributed by atoms with Crippen LogP contribution in [0.2, 0.25) is 0 Å². The summed E-state index contributed by atoms with van der Waals surface area (Å²) in [5, 5.41) is 0.868. The van der Waals surface area contributed by atoms with Crippen LogP contribution in [0.3, 0.4) is 0 Å². The maximum atomic E-state index is 8.31. The Morgan fingerprint density at radius 3 is 2.77 bits per heavy atom. The van der Waals surface area contributed by atoms with Crippen molar-refractivity contribution in [1.29, 1.82) is 0 Å². The lowest BCUT2D eigenvalue weighted by Gasteiger charge is -2.02. The zero-order valence-corrected chi connectivity index (χ0v) is 13.8. The molecule has 0 saturated heterocycles. The molecule has 0 spiro atoms. The average Bonchev–Trinajstić information content (AvgIpc) is 3.34. The fourth-order valence-corrected chi connectivity index (χ4v) is 4.10. The van der Waals surface area contributed by atoms with Gasteiger partial charge in [0.2, 0.25) is 5.82 Å². The highest BCUT2D eigenvalue weighted by molar-refractivity contribution is 6.05. The number of para-hydroxylation sites is 1. The van der Waals surface area contributed by atoms with Crippen LogP contribution in [-0.4, -0.2) is 19.1 Å². The Morgan fingerprint density at radius 1 is 1.04 bits per heavy atom. The van der Waals surface area contributed by atoms with Crippen LogP contribution in [-0.2, 0) is 13.5 Å². The molecule has 1 aliphatic heterocycles. The number of aryl methyl sites for hydroxylation is 1. The van der Waals surface area contributed by atoms with Gasteiger partial charge in [-0.15, -0.1) is 0 Å². The summed E-state index contributed by atoms with van der Waals surface area (Å²) >= 11 is 0. The van der Waals surface area contributed by atoms with Crippen molar-refractivity contribution in [3.63, 3.8) is 0 Å². The van der Waals surface area contributed by atoms with Crippen molar-refractivity contribution >= 4 is 22.1 Å². The van der Waals surface area contributed by atoms with E-state index >= 15 is 0 Å². The van der Waals surface area contributed by atoms with E-state index in [0.29, 0.717) is 17.9 Å². The molecule has 0 unspecified atom stereocenters. The van der Waals surface area contributed by atoms with Gasteiger partial charge in [0, 0.05) is 24.2 Å². The molecule has 5 aromatic rings. The van der Waals surface area contributed by atoms with Crippen molar-refractivity contribution in [3.05, 3.63) is 72.8 Å². The lowest BCUT2D eigenvalue weighted by atomic mass is 10.2. The predicted octanol–water partition coefficient (Wildman–Crippen LogP) is 3.23. The van der Waals surface area contributed by atoms with Crippen molar-refractivity contribution in [2.24, 2.45) is 6.98 Å². The van der Waals surface area contributed by atoms with E-state index in [-0.39, 0.29) is 0 Å². The smallest absolute Gasteiger partial charge is 0.264 e. The molecule has 1 aliphatic rings. The number of hydrogen-bond donors (Lipinski definition) is 0. The fraction of sp³-hybridized carbons (Fsp3) is 0.0952. The Morgan fingerprint density at radius 2 is 1.88 bits per heavy atom. The van der Waals surface area contributed by atoms with Gasteiger partial charge in [-0.1, -0.05) is 18.2 Å². The first kappa shape index (κ1) is 11.2. The van der Waals surface area contributed by atoms with Crippen molar-refractivity contribution in [2.75, 3.05) is 0 Å². The van der Waals surface area contributed by atoms with Crippen LogP contribution in [0, 0.1) is 0 Å². The van der Waals surface area contributed by atoms with E-state index in [9.17, 15) is 0 Å². The Kier molecular flexibility index (Phi) is 2.06. The minimum atomic E-state index is -2.33. The molecule has 0 saturated carbocycles. The van der Waals surface area contributed by atoms with Crippen molar-refractivity contribution in [2.45, 2.75) is 6.54 Å². The Bertz CT molecular complexity index is 1410. The molecule has 4 aromatic heterocycles. The standard InChI is InChI=1S/C21H16N5/c1-24-19-17-8-10-23-12-18(17)26(15-5-3-2-4-6-15)21(19)25-13-14-11-22-9-7-16(14)20(24)25/h2-12H,13H2,1H3/q+1/i1D3. The van der Waals surface area contributed by atoms with E-state index in [4.69, 9.17) is 4.11 Å². The third kappa shape index (κ3) is 1.57. The molecule has 26 heavy (non-hydrogen) atoms. The van der Waals surface area contributed by atoms with Crippen molar-refractivity contribution < 1.29 is 8.68 Å². The second-order valence-electron chi connectivity index (χ2n) is 6.51. The zero-order chi connectivity index (χ0) is 19.8. The number of hydrogen-bond acceptors (Lipinski definition) is 2. The molecule has 0 amide bonds. The first-order chi connectivity index (χ1) is 14.1. The molecule has 0 N–H and O–H groups in total. The van der Waals surface area contributed by atoms with Crippen LogP contribution < -0.4 is 4.57 Å². The summed E-state index contributed by atoms with van der Waals surface area (Å²) in [5.41, 5.74) is 5.32. The maximum Gasteiger partial charge on any atom is 0.275 e. The van der Waals surface area contributed by atoms with E-state index in [2.05, 4.69) is 19.1 Å². The third-order valence-corrected chi connectivity index (χ3v) is 5.15. The molecule has 5 heteroatoms. The number of rotatable bonds is 1. The molecular formula is C21H16N5+. The summed E-state index contributed by atoms with van der Waals surface area (Å²) in [4.78, 5) is 8.54. The average molecular weight is 341 g/mol. The maximum absolute atomic E-state index is 8.31. The van der Waals surface area contributed by atoms with E-state index in [1.807, 2.05) is 48.7 Å². The van der Waals surface area contributed by atoms with Crippen LogP contribution in [0.1, 0.15) is 9.68 Å². The highest BCUT2D eigenvalue weighted by atomic mass is 15.2. The Labute approximate surface area is 154 Å². The van der Waals surface area contributed by atoms with Crippen molar-refractivity contribution in [1.82, 2.24) is 19.1 Å². The summed E-state index contributed by atoms with van der Waals surface area (Å²) in [6.07, 6.45) is 7.03. The highest BCUT2D eigenvalue weighted by Gasteiger charge is 2.35. The number of fused-ring (bicyclic) bond motifs is 7. The number of aromatic nitrogens is 5. The summed E-state index contributed by atoms with van der Waals surface area (Å²) in [6.45, 7) is -1.75. The molecule has 5 nitrogen and oxygen atoms in total. The molecule has 0 aliphatic carbocycles. The second kappa shape index (κ2) is 4.79. The van der Waals surface area contributed by atoms with Gasteiger partial charge in [-0.05, 0) is 24.3 Å². The van der Waals surface area contributed by atoms with Crippen molar-refractivity contribution in [3.8, 4) is 17.1 Å². The van der Waals surface area contributed by atoms with Gasteiger partial charge in [-0.2, -0.15) is 0 Å². The summed E-state index contributed by atoms with van der Waals surface area (Å²) in [5.74, 6) is 0.691. The van der Waals surface area contributed by atoms with Crippen LogP contribution in [0.4, 0.5) is 0 Å². The summed E-state index contributed by atoms with van der Waals surface area (Å²) in [6, 6.07) is 13.8. The van der Waals surface area contributed by atoms with Gasteiger partial charge in [-0.3, -0.25) is 14.5 Å². The van der Waals surface area contributed by atoms with Crippen LogP contribution in [0.15, 0.2) is 67.3 Å². The Hall–Kier alpha value is -3.47. The molecule has 1 aromatic carbocycles. The van der Waals surface area contributed by atoms with Gasteiger partial charge in [0.25, 0.3) is 5.65 Å². The normalized spacial score (nSPS) is 14.8. The van der Waals surface area contributed by atoms with Gasteiger partial charge in [-0.25, -0.2) is 9.13 Å². The van der Waals surface area contributed by atoms with E-state index < -0.39 is 6.98 Å². The predicted molar refractivity (Wildman–Crippen MR) is 100 cm³/mol. The molecule has 6 rings (SSSR count). The molecule has 124 valence electrons. The zero-order valence-electron chi connectivity index (χ0n) is 16.8. The van der Waals surface area contributed by atoms with Gasteiger partial charge in [0.1, 0.15) is 11.2 Å². The summed E-state index contributed by atoms with van der Waals surface area (Å²) < 4.78 is 30.6. The molecular weight excluding hydrogens is 322 g/mol. The van der Waals surface area contributed by atoms with Gasteiger partial charge in [0.05, 0.1) is 34.8 Å². The molecule has 0 radical (unpaired) electrons. The van der Waals surface area contributed by atoms with Gasteiger partial charge < -0.3 is 0 Å². The lowest BCUT2D eigenvalue weighted by Crippen LogP contribution is -2.33.